The standard InChI is InChI=1S/C19H21BrN6O3S/c1-11-14(24-17(28)13-4-22-26-5-15(20)30-18(13)26)2-12(3-21-11)23-16(27)6-25-7-19(8-25)9-29-10-19/h2-5,11,21H,6-10H2,1H3,(H,23,27)(H,24,28). The van der Waals surface area contributed by atoms with Crippen LogP contribution in [0, 0.1) is 5.41 Å². The summed E-state index contributed by atoms with van der Waals surface area (Å²) in [6, 6.07) is -0.0930. The number of likely N-dealkylation sites (tertiary alicyclic amines) is 1. The van der Waals surface area contributed by atoms with Gasteiger partial charge in [0, 0.05) is 30.4 Å². The van der Waals surface area contributed by atoms with Crippen molar-refractivity contribution in [1.29, 1.82) is 0 Å². The molecule has 2 aromatic rings. The molecule has 0 aromatic carbocycles. The fraction of sp³-hybridized carbons (Fsp3) is 0.421. The molecule has 1 spiro atoms. The van der Waals surface area contributed by atoms with Gasteiger partial charge in [-0.1, -0.05) is 0 Å². The van der Waals surface area contributed by atoms with E-state index in [4.69, 9.17) is 4.74 Å². The Hall–Kier alpha value is -2.21. The number of carbonyl (C=O) groups is 2. The summed E-state index contributed by atoms with van der Waals surface area (Å²) >= 11 is 4.86. The van der Waals surface area contributed by atoms with E-state index in [0.717, 1.165) is 34.9 Å². The number of nitrogens with one attached hydrogen (secondary N) is 3. The maximum atomic E-state index is 12.8. The first-order valence-corrected chi connectivity index (χ1v) is 11.2. The van der Waals surface area contributed by atoms with E-state index in [1.165, 1.54) is 11.3 Å². The van der Waals surface area contributed by atoms with E-state index in [-0.39, 0.29) is 23.3 Å². The third kappa shape index (κ3) is 3.66. The van der Waals surface area contributed by atoms with Gasteiger partial charge in [0.05, 0.1) is 53.2 Å². The Bertz CT molecular complexity index is 1080. The lowest BCUT2D eigenvalue weighted by Crippen LogP contribution is -2.66. The van der Waals surface area contributed by atoms with Crippen molar-refractivity contribution in [2.45, 2.75) is 13.0 Å². The van der Waals surface area contributed by atoms with Crippen LogP contribution >= 0.6 is 27.3 Å². The highest BCUT2D eigenvalue weighted by atomic mass is 79.9. The normalized spacial score (nSPS) is 22.5. The Kier molecular flexibility index (Phi) is 4.92. The molecule has 30 heavy (non-hydrogen) atoms. The van der Waals surface area contributed by atoms with Gasteiger partial charge in [-0.15, -0.1) is 11.3 Å². The first kappa shape index (κ1) is 19.7. The summed E-state index contributed by atoms with van der Waals surface area (Å²) in [6.07, 6.45) is 6.92. The number of nitrogens with zero attached hydrogens (tertiary/aromatic N) is 3. The van der Waals surface area contributed by atoms with Crippen molar-refractivity contribution in [3.05, 3.63) is 45.4 Å². The highest BCUT2D eigenvalue weighted by Crippen LogP contribution is 2.37. The molecule has 5 rings (SSSR count). The third-order valence-corrected chi connectivity index (χ3v) is 7.11. The van der Waals surface area contributed by atoms with E-state index in [0.29, 0.717) is 23.5 Å². The van der Waals surface area contributed by atoms with Gasteiger partial charge < -0.3 is 20.7 Å². The smallest absolute Gasteiger partial charge is 0.260 e. The molecule has 0 bridgehead atoms. The van der Waals surface area contributed by atoms with Crippen LogP contribution in [0.25, 0.3) is 4.83 Å². The molecule has 1 atom stereocenters. The van der Waals surface area contributed by atoms with Crippen molar-refractivity contribution in [2.75, 3.05) is 32.8 Å². The second-order valence-corrected chi connectivity index (χ2v) is 10.5. The molecular weight excluding hydrogens is 472 g/mol. The zero-order valence-corrected chi connectivity index (χ0v) is 18.7. The number of hydrogen-bond donors (Lipinski definition) is 3. The number of dihydropyridines is 1. The van der Waals surface area contributed by atoms with Gasteiger partial charge >= 0.3 is 0 Å². The molecule has 158 valence electrons. The summed E-state index contributed by atoms with van der Waals surface area (Å²) in [7, 11) is 0. The van der Waals surface area contributed by atoms with Gasteiger partial charge in [-0.2, -0.15) is 5.10 Å². The molecule has 9 nitrogen and oxygen atoms in total. The number of hydrogen-bond acceptors (Lipinski definition) is 7. The average Bonchev–Trinajstić information content (AvgIpc) is 3.17. The van der Waals surface area contributed by atoms with E-state index in [1.54, 1.807) is 23.0 Å². The van der Waals surface area contributed by atoms with Crippen LogP contribution in [0.1, 0.15) is 17.3 Å². The van der Waals surface area contributed by atoms with Gasteiger partial charge in [0.25, 0.3) is 5.91 Å². The highest BCUT2D eigenvalue weighted by molar-refractivity contribution is 9.11. The van der Waals surface area contributed by atoms with Crippen molar-refractivity contribution >= 4 is 43.9 Å². The van der Waals surface area contributed by atoms with Gasteiger partial charge in [0.15, 0.2) is 0 Å². The lowest BCUT2D eigenvalue weighted by Gasteiger charge is -2.54. The van der Waals surface area contributed by atoms with Gasteiger partial charge in [-0.3, -0.25) is 14.5 Å². The zero-order chi connectivity index (χ0) is 20.9. The summed E-state index contributed by atoms with van der Waals surface area (Å²) in [6.45, 7) is 5.71. The van der Waals surface area contributed by atoms with E-state index in [1.807, 2.05) is 13.1 Å². The van der Waals surface area contributed by atoms with Gasteiger partial charge in [-0.05, 0) is 28.9 Å². The summed E-state index contributed by atoms with van der Waals surface area (Å²) in [4.78, 5) is 28.1. The molecule has 0 radical (unpaired) electrons. The predicted octanol–water partition coefficient (Wildman–Crippen LogP) is 1.05. The summed E-state index contributed by atoms with van der Waals surface area (Å²) in [5.41, 5.74) is 2.10. The lowest BCUT2D eigenvalue weighted by molar-refractivity contribution is -0.189. The number of aromatic nitrogens is 2. The third-order valence-electron chi connectivity index (χ3n) is 5.52. The van der Waals surface area contributed by atoms with E-state index in [2.05, 4.69) is 41.9 Å². The summed E-state index contributed by atoms with van der Waals surface area (Å²) in [5.74, 6) is -0.308. The Morgan fingerprint density at radius 2 is 2.20 bits per heavy atom. The fourth-order valence-electron chi connectivity index (χ4n) is 3.96. The number of allylic oxidation sites excluding steroid dienone is 1. The summed E-state index contributed by atoms with van der Waals surface area (Å²) in [5, 5.41) is 13.2. The molecule has 2 amide bonds. The number of ether oxygens (including phenoxy) is 1. The van der Waals surface area contributed by atoms with Crippen molar-refractivity contribution in [2.24, 2.45) is 5.41 Å². The molecule has 2 aromatic heterocycles. The van der Waals surface area contributed by atoms with Crippen molar-refractivity contribution in [1.82, 2.24) is 30.5 Å². The zero-order valence-electron chi connectivity index (χ0n) is 16.3. The maximum absolute atomic E-state index is 12.8. The Morgan fingerprint density at radius 1 is 1.40 bits per heavy atom. The van der Waals surface area contributed by atoms with Crippen molar-refractivity contribution in [3.63, 3.8) is 0 Å². The largest absolute Gasteiger partial charge is 0.381 e. The molecule has 0 saturated carbocycles. The SMILES string of the molecule is CC1NC=C(NC(=O)CN2CC3(COC3)C2)C=C1NC(=O)c1cnn2cc(Br)sc12. The van der Waals surface area contributed by atoms with Crippen LogP contribution in [0.4, 0.5) is 0 Å². The molecule has 2 saturated heterocycles. The van der Waals surface area contributed by atoms with Crippen LogP contribution in [0.5, 0.6) is 0 Å². The van der Waals surface area contributed by atoms with Crippen LogP contribution in [0.15, 0.2) is 39.9 Å². The minimum atomic E-state index is -0.236. The van der Waals surface area contributed by atoms with Crippen LogP contribution in [0.2, 0.25) is 0 Å². The van der Waals surface area contributed by atoms with Gasteiger partial charge in [0.1, 0.15) is 4.83 Å². The number of fused-ring (bicyclic) bond motifs is 1. The fourth-order valence-corrected chi connectivity index (χ4v) is 5.40. The van der Waals surface area contributed by atoms with Crippen LogP contribution < -0.4 is 16.0 Å². The Balaban J connectivity index is 1.21. The molecule has 3 aliphatic rings. The van der Waals surface area contributed by atoms with Crippen LogP contribution in [-0.2, 0) is 9.53 Å². The van der Waals surface area contributed by atoms with E-state index >= 15 is 0 Å². The van der Waals surface area contributed by atoms with Gasteiger partial charge in [0.2, 0.25) is 5.91 Å². The molecule has 2 fully saturated rings. The van der Waals surface area contributed by atoms with Crippen molar-refractivity contribution in [3.8, 4) is 0 Å². The van der Waals surface area contributed by atoms with Crippen LogP contribution in [-0.4, -0.2) is 65.2 Å². The minimum absolute atomic E-state index is 0.0728. The molecule has 0 aliphatic carbocycles. The number of rotatable bonds is 5. The van der Waals surface area contributed by atoms with Crippen LogP contribution in [0.3, 0.4) is 0 Å². The number of amides is 2. The Morgan fingerprint density at radius 3 is 2.93 bits per heavy atom. The van der Waals surface area contributed by atoms with E-state index in [9.17, 15) is 9.59 Å². The molecule has 3 N–H and O–H groups in total. The molecular formula is C19H21BrN6O3S. The Labute approximate surface area is 185 Å². The molecule has 5 heterocycles. The molecule has 11 heteroatoms. The second-order valence-electron chi connectivity index (χ2n) is 8.07. The number of halogens is 1. The van der Waals surface area contributed by atoms with E-state index < -0.39 is 0 Å². The molecule has 3 aliphatic heterocycles. The minimum Gasteiger partial charge on any atom is -0.381 e. The predicted molar refractivity (Wildman–Crippen MR) is 115 cm³/mol. The quantitative estimate of drug-likeness (QED) is 0.576. The average molecular weight is 493 g/mol. The highest BCUT2D eigenvalue weighted by Gasteiger charge is 2.49. The number of carbonyl (C=O) groups excluding carboxylic acids is 2. The lowest BCUT2D eigenvalue weighted by atomic mass is 9.78. The second kappa shape index (κ2) is 7.49. The first-order chi connectivity index (χ1) is 14.4. The molecule has 1 unspecified atom stereocenters. The maximum Gasteiger partial charge on any atom is 0.260 e. The first-order valence-electron chi connectivity index (χ1n) is 9.63. The number of thiazole rings is 1. The topological polar surface area (TPSA) is 100 Å². The summed E-state index contributed by atoms with van der Waals surface area (Å²) < 4.78 is 7.84. The monoisotopic (exact) mass is 492 g/mol. The van der Waals surface area contributed by atoms with Crippen molar-refractivity contribution < 1.29 is 14.3 Å². The van der Waals surface area contributed by atoms with Gasteiger partial charge in [-0.25, -0.2) is 4.52 Å².